The molecule has 0 saturated heterocycles. The van der Waals surface area contributed by atoms with Crippen LogP contribution >= 0.6 is 0 Å². The minimum atomic E-state index is -0.243. The number of halogens is 1. The Morgan fingerprint density at radius 2 is 2.16 bits per heavy atom. The molecule has 2 aromatic rings. The monoisotopic (exact) mass is 262 g/mol. The molecular formula is C14H19FN4. The summed E-state index contributed by atoms with van der Waals surface area (Å²) < 4.78 is 13.1. The van der Waals surface area contributed by atoms with Crippen LogP contribution in [0, 0.1) is 18.7 Å². The van der Waals surface area contributed by atoms with Crippen LogP contribution in [0.2, 0.25) is 0 Å². The van der Waals surface area contributed by atoms with E-state index in [-0.39, 0.29) is 5.82 Å². The molecule has 5 heteroatoms. The molecule has 1 aromatic carbocycles. The molecule has 0 atom stereocenters. The number of nitrogens with zero attached hydrogens (tertiary/aromatic N) is 3. The Kier molecular flexibility index (Phi) is 4.27. The molecule has 0 aliphatic rings. The number of aromatic nitrogens is 3. The molecule has 2 rings (SSSR count). The second kappa shape index (κ2) is 5.93. The third-order valence-electron chi connectivity index (χ3n) is 2.77. The van der Waals surface area contributed by atoms with Crippen LogP contribution in [0.1, 0.15) is 25.1 Å². The first-order chi connectivity index (χ1) is 9.06. The van der Waals surface area contributed by atoms with Gasteiger partial charge in [-0.25, -0.2) is 4.39 Å². The molecule has 0 amide bonds. The van der Waals surface area contributed by atoms with Crippen molar-refractivity contribution in [3.63, 3.8) is 0 Å². The highest BCUT2D eigenvalue weighted by molar-refractivity contribution is 5.38. The molecule has 0 bridgehead atoms. The van der Waals surface area contributed by atoms with Crippen LogP contribution in [-0.4, -0.2) is 21.5 Å². The molecule has 0 radical (unpaired) electrons. The largest absolute Gasteiger partial charge is 0.311 e. The number of benzene rings is 1. The van der Waals surface area contributed by atoms with Crippen LogP contribution in [0.5, 0.6) is 0 Å². The predicted molar refractivity (Wildman–Crippen MR) is 72.6 cm³/mol. The molecule has 1 heterocycles. The summed E-state index contributed by atoms with van der Waals surface area (Å²) in [6.07, 6.45) is 1.73. The Balaban J connectivity index is 2.08. The van der Waals surface area contributed by atoms with Crippen LogP contribution in [0.25, 0.3) is 5.69 Å². The van der Waals surface area contributed by atoms with E-state index in [2.05, 4.69) is 29.4 Å². The molecule has 0 unspecified atom stereocenters. The van der Waals surface area contributed by atoms with Crippen molar-refractivity contribution in [3.05, 3.63) is 41.5 Å². The molecule has 0 fully saturated rings. The number of rotatable bonds is 5. The number of aryl methyl sites for hydroxylation is 1. The van der Waals surface area contributed by atoms with Gasteiger partial charge in [-0.05, 0) is 43.1 Å². The summed E-state index contributed by atoms with van der Waals surface area (Å²) in [5, 5.41) is 11.9. The molecule has 1 N–H and O–H groups in total. The minimum absolute atomic E-state index is 0.243. The van der Waals surface area contributed by atoms with Gasteiger partial charge in [-0.1, -0.05) is 13.8 Å². The minimum Gasteiger partial charge on any atom is -0.311 e. The molecule has 0 aliphatic heterocycles. The van der Waals surface area contributed by atoms with E-state index in [1.54, 1.807) is 17.1 Å². The van der Waals surface area contributed by atoms with Gasteiger partial charge >= 0.3 is 0 Å². The zero-order valence-corrected chi connectivity index (χ0v) is 11.5. The molecule has 1 aromatic heterocycles. The van der Waals surface area contributed by atoms with Crippen LogP contribution in [0.3, 0.4) is 0 Å². The first kappa shape index (κ1) is 13.7. The van der Waals surface area contributed by atoms with Crippen molar-refractivity contribution >= 4 is 0 Å². The SMILES string of the molecule is Cc1cc(F)ccc1-n1ncc(CNCC(C)C)n1. The Bertz CT molecular complexity index is 548. The third-order valence-corrected chi connectivity index (χ3v) is 2.77. The molecule has 0 spiro atoms. The molecule has 102 valence electrons. The summed E-state index contributed by atoms with van der Waals surface area (Å²) in [7, 11) is 0. The fraction of sp³-hybridized carbons (Fsp3) is 0.429. The summed E-state index contributed by atoms with van der Waals surface area (Å²) in [6, 6.07) is 4.59. The van der Waals surface area contributed by atoms with E-state index in [0.29, 0.717) is 12.5 Å². The van der Waals surface area contributed by atoms with Gasteiger partial charge in [0.1, 0.15) is 5.82 Å². The quantitative estimate of drug-likeness (QED) is 0.900. The Labute approximate surface area is 112 Å². The van der Waals surface area contributed by atoms with E-state index >= 15 is 0 Å². The maximum atomic E-state index is 13.1. The van der Waals surface area contributed by atoms with E-state index in [4.69, 9.17) is 0 Å². The zero-order valence-electron chi connectivity index (χ0n) is 11.5. The lowest BCUT2D eigenvalue weighted by Gasteiger charge is -2.05. The van der Waals surface area contributed by atoms with Gasteiger partial charge in [0.05, 0.1) is 17.6 Å². The average Bonchev–Trinajstić information content (AvgIpc) is 2.77. The number of nitrogens with one attached hydrogen (secondary N) is 1. The molecule has 0 saturated carbocycles. The van der Waals surface area contributed by atoms with Crippen molar-refractivity contribution < 1.29 is 4.39 Å². The summed E-state index contributed by atoms with van der Waals surface area (Å²) in [6.45, 7) is 7.80. The van der Waals surface area contributed by atoms with Gasteiger partial charge in [0.25, 0.3) is 0 Å². The van der Waals surface area contributed by atoms with E-state index < -0.39 is 0 Å². The summed E-state index contributed by atoms with van der Waals surface area (Å²) in [5.41, 5.74) is 2.50. The van der Waals surface area contributed by atoms with Gasteiger partial charge in [0.15, 0.2) is 0 Å². The first-order valence-corrected chi connectivity index (χ1v) is 6.44. The van der Waals surface area contributed by atoms with Crippen molar-refractivity contribution in [1.29, 1.82) is 0 Å². The molecule has 0 aliphatic carbocycles. The summed E-state index contributed by atoms with van der Waals surface area (Å²) in [5.74, 6) is 0.363. The highest BCUT2D eigenvalue weighted by atomic mass is 19.1. The van der Waals surface area contributed by atoms with E-state index in [1.165, 1.54) is 12.1 Å². The van der Waals surface area contributed by atoms with Crippen molar-refractivity contribution in [2.75, 3.05) is 6.54 Å². The maximum absolute atomic E-state index is 13.1. The Hall–Kier alpha value is -1.75. The Morgan fingerprint density at radius 3 is 2.84 bits per heavy atom. The van der Waals surface area contributed by atoms with E-state index in [9.17, 15) is 4.39 Å². The smallest absolute Gasteiger partial charge is 0.123 e. The number of hydrogen-bond acceptors (Lipinski definition) is 3. The standard InChI is InChI=1S/C14H19FN4/c1-10(2)7-16-8-13-9-17-19(18-13)14-5-4-12(15)6-11(14)3/h4-6,9-10,16H,7-8H2,1-3H3. The summed E-state index contributed by atoms with van der Waals surface area (Å²) in [4.78, 5) is 1.54. The van der Waals surface area contributed by atoms with Gasteiger partial charge < -0.3 is 5.32 Å². The van der Waals surface area contributed by atoms with E-state index in [1.807, 2.05) is 6.92 Å². The van der Waals surface area contributed by atoms with Gasteiger partial charge in [-0.15, -0.1) is 0 Å². The highest BCUT2D eigenvalue weighted by Gasteiger charge is 2.06. The molecular weight excluding hydrogens is 243 g/mol. The average molecular weight is 262 g/mol. The topological polar surface area (TPSA) is 42.7 Å². The fourth-order valence-electron chi connectivity index (χ4n) is 1.82. The zero-order chi connectivity index (χ0) is 13.8. The second-order valence-electron chi connectivity index (χ2n) is 5.08. The first-order valence-electron chi connectivity index (χ1n) is 6.44. The normalized spacial score (nSPS) is 11.2. The van der Waals surface area contributed by atoms with Gasteiger partial charge in [0.2, 0.25) is 0 Å². The summed E-state index contributed by atoms with van der Waals surface area (Å²) >= 11 is 0. The Morgan fingerprint density at radius 1 is 1.37 bits per heavy atom. The van der Waals surface area contributed by atoms with Crippen molar-refractivity contribution in [1.82, 2.24) is 20.3 Å². The van der Waals surface area contributed by atoms with Crippen LogP contribution < -0.4 is 5.32 Å². The second-order valence-corrected chi connectivity index (χ2v) is 5.08. The fourth-order valence-corrected chi connectivity index (χ4v) is 1.82. The van der Waals surface area contributed by atoms with Crippen molar-refractivity contribution in [2.45, 2.75) is 27.3 Å². The lowest BCUT2D eigenvalue weighted by molar-refractivity contribution is 0.546. The number of hydrogen-bond donors (Lipinski definition) is 1. The molecule has 19 heavy (non-hydrogen) atoms. The predicted octanol–water partition coefficient (Wildman–Crippen LogP) is 2.46. The van der Waals surface area contributed by atoms with Gasteiger partial charge in [-0.2, -0.15) is 15.0 Å². The third kappa shape index (κ3) is 3.61. The van der Waals surface area contributed by atoms with Gasteiger partial charge in [-0.3, -0.25) is 0 Å². The lowest BCUT2D eigenvalue weighted by Crippen LogP contribution is -2.19. The van der Waals surface area contributed by atoms with Crippen LogP contribution in [-0.2, 0) is 6.54 Å². The molecule has 4 nitrogen and oxygen atoms in total. The van der Waals surface area contributed by atoms with Crippen LogP contribution in [0.15, 0.2) is 24.4 Å². The highest BCUT2D eigenvalue weighted by Crippen LogP contribution is 2.13. The van der Waals surface area contributed by atoms with Crippen LogP contribution in [0.4, 0.5) is 4.39 Å². The van der Waals surface area contributed by atoms with E-state index in [0.717, 1.165) is 23.5 Å². The maximum Gasteiger partial charge on any atom is 0.123 e. The van der Waals surface area contributed by atoms with Crippen molar-refractivity contribution in [3.8, 4) is 5.69 Å². The van der Waals surface area contributed by atoms with Crippen molar-refractivity contribution in [2.24, 2.45) is 5.92 Å². The van der Waals surface area contributed by atoms with Gasteiger partial charge in [0, 0.05) is 6.54 Å². The lowest BCUT2D eigenvalue weighted by atomic mass is 10.2.